The molecule has 17 heavy (non-hydrogen) atoms. The highest BCUT2D eigenvalue weighted by Crippen LogP contribution is 2.05. The second-order valence-electron chi connectivity index (χ2n) is 3.26. The topological polar surface area (TPSA) is 85.4 Å². The number of hydrogen-bond donors (Lipinski definition) is 1. The van der Waals surface area contributed by atoms with Crippen molar-refractivity contribution in [2.75, 3.05) is 6.61 Å². The molecule has 1 atom stereocenters. The van der Waals surface area contributed by atoms with E-state index in [0.717, 1.165) is 0 Å². The molecule has 1 aromatic heterocycles. The van der Waals surface area contributed by atoms with E-state index >= 15 is 0 Å². The summed E-state index contributed by atoms with van der Waals surface area (Å²) in [6.07, 6.45) is 1.80. The molecular weight excluding hydrogens is 244 g/mol. The van der Waals surface area contributed by atoms with Gasteiger partial charge in [0.05, 0.1) is 0 Å². The number of nitrogens with one attached hydrogen (secondary N) is 1. The minimum Gasteiger partial charge on any atom is -0.369 e. The number of aromatic nitrogens is 1. The summed E-state index contributed by atoms with van der Waals surface area (Å²) in [5.41, 5.74) is 0. The van der Waals surface area contributed by atoms with Gasteiger partial charge in [-0.2, -0.15) is 0 Å². The predicted octanol–water partition coefficient (Wildman–Crippen LogP) is 0.311. The summed E-state index contributed by atoms with van der Waals surface area (Å²) in [4.78, 5) is 15.1. The van der Waals surface area contributed by atoms with Crippen molar-refractivity contribution in [3.05, 3.63) is 24.5 Å². The monoisotopic (exact) mass is 258 g/mol. The van der Waals surface area contributed by atoms with Gasteiger partial charge in [0.2, 0.25) is 0 Å². The summed E-state index contributed by atoms with van der Waals surface area (Å²) in [5, 5.41) is 0. The maximum absolute atomic E-state index is 11.7. The highest BCUT2D eigenvalue weighted by Gasteiger charge is 2.21. The molecule has 0 aromatic carbocycles. The van der Waals surface area contributed by atoms with Gasteiger partial charge in [0.25, 0.3) is 15.9 Å². The van der Waals surface area contributed by atoms with Crippen LogP contribution in [0.4, 0.5) is 0 Å². The fourth-order valence-corrected chi connectivity index (χ4v) is 2.11. The lowest BCUT2D eigenvalue weighted by atomic mass is 10.4. The third kappa shape index (κ3) is 3.79. The van der Waals surface area contributed by atoms with Crippen molar-refractivity contribution in [2.45, 2.75) is 24.8 Å². The number of amides is 1. The Labute approximate surface area is 100 Å². The Morgan fingerprint density at radius 2 is 2.29 bits per heavy atom. The Kier molecular flexibility index (Phi) is 4.59. The minimum atomic E-state index is -3.86. The number of hydrogen-bond acceptors (Lipinski definition) is 5. The molecule has 0 spiro atoms. The number of nitrogens with zero attached hydrogens (tertiary/aromatic N) is 1. The van der Waals surface area contributed by atoms with Crippen LogP contribution in [-0.2, 0) is 19.6 Å². The summed E-state index contributed by atoms with van der Waals surface area (Å²) < 4.78 is 30.4. The number of sulfonamides is 1. The summed E-state index contributed by atoms with van der Waals surface area (Å²) in [6, 6.07) is 2.83. The zero-order valence-electron chi connectivity index (χ0n) is 9.58. The molecule has 0 aliphatic heterocycles. The normalized spacial score (nSPS) is 13.1. The third-order valence-corrected chi connectivity index (χ3v) is 3.30. The van der Waals surface area contributed by atoms with E-state index in [-0.39, 0.29) is 4.90 Å². The first-order valence-corrected chi connectivity index (χ1v) is 6.54. The average molecular weight is 258 g/mol. The molecule has 7 heteroatoms. The molecule has 6 nitrogen and oxygen atoms in total. The van der Waals surface area contributed by atoms with Crippen molar-refractivity contribution in [1.29, 1.82) is 0 Å². The Bertz CT molecular complexity index is 472. The van der Waals surface area contributed by atoms with E-state index in [1.165, 1.54) is 31.5 Å². The maximum atomic E-state index is 11.7. The predicted molar refractivity (Wildman–Crippen MR) is 60.7 cm³/mol. The van der Waals surface area contributed by atoms with Crippen LogP contribution in [0.2, 0.25) is 0 Å². The molecule has 1 unspecified atom stereocenters. The lowest BCUT2D eigenvalue weighted by Gasteiger charge is -2.12. The molecule has 0 aliphatic carbocycles. The van der Waals surface area contributed by atoms with Crippen molar-refractivity contribution in [3.63, 3.8) is 0 Å². The number of rotatable bonds is 5. The molecule has 1 heterocycles. The third-order valence-electron chi connectivity index (χ3n) is 1.97. The van der Waals surface area contributed by atoms with E-state index in [1.54, 1.807) is 6.92 Å². The fraction of sp³-hybridized carbons (Fsp3) is 0.400. The number of pyridine rings is 1. The highest BCUT2D eigenvalue weighted by atomic mass is 32.2. The van der Waals surface area contributed by atoms with Gasteiger partial charge in [0, 0.05) is 19.0 Å². The van der Waals surface area contributed by atoms with E-state index in [2.05, 4.69) is 4.98 Å². The molecule has 1 rings (SSSR count). The Morgan fingerprint density at radius 1 is 1.59 bits per heavy atom. The highest BCUT2D eigenvalue weighted by molar-refractivity contribution is 7.90. The van der Waals surface area contributed by atoms with Crippen LogP contribution in [0.15, 0.2) is 29.4 Å². The lowest BCUT2D eigenvalue weighted by Crippen LogP contribution is -2.38. The Balaban J connectivity index is 2.78. The summed E-state index contributed by atoms with van der Waals surface area (Å²) in [6.45, 7) is 3.54. The van der Waals surface area contributed by atoms with Crippen LogP contribution in [0.5, 0.6) is 0 Å². The van der Waals surface area contributed by atoms with Gasteiger partial charge in [-0.15, -0.1) is 0 Å². The van der Waals surface area contributed by atoms with Crippen LogP contribution in [0.25, 0.3) is 0 Å². The lowest BCUT2D eigenvalue weighted by molar-refractivity contribution is -0.129. The molecule has 0 bridgehead atoms. The number of carbonyl (C=O) groups excluding carboxylic acids is 1. The molecule has 0 fully saturated rings. The van der Waals surface area contributed by atoms with Crippen LogP contribution in [-0.4, -0.2) is 32.0 Å². The van der Waals surface area contributed by atoms with Crippen molar-refractivity contribution in [1.82, 2.24) is 9.71 Å². The van der Waals surface area contributed by atoms with Gasteiger partial charge in [-0.25, -0.2) is 13.1 Å². The van der Waals surface area contributed by atoms with Crippen molar-refractivity contribution in [2.24, 2.45) is 0 Å². The van der Waals surface area contributed by atoms with Crippen LogP contribution in [0.3, 0.4) is 0 Å². The zero-order valence-corrected chi connectivity index (χ0v) is 10.4. The zero-order chi connectivity index (χ0) is 12.9. The van der Waals surface area contributed by atoms with Gasteiger partial charge in [0.1, 0.15) is 11.0 Å². The second-order valence-corrected chi connectivity index (χ2v) is 4.94. The molecule has 1 amide bonds. The first-order valence-electron chi connectivity index (χ1n) is 5.05. The van der Waals surface area contributed by atoms with Crippen LogP contribution >= 0.6 is 0 Å². The fourth-order valence-electron chi connectivity index (χ4n) is 1.11. The van der Waals surface area contributed by atoms with E-state index in [1.807, 2.05) is 4.72 Å². The van der Waals surface area contributed by atoms with Gasteiger partial charge >= 0.3 is 0 Å². The van der Waals surface area contributed by atoms with E-state index in [9.17, 15) is 13.2 Å². The quantitative estimate of drug-likeness (QED) is 0.821. The van der Waals surface area contributed by atoms with Gasteiger partial charge in [-0.1, -0.05) is 0 Å². The van der Waals surface area contributed by atoms with Crippen LogP contribution < -0.4 is 4.72 Å². The Hall–Kier alpha value is -1.47. The SMILES string of the molecule is CCOC(C)C(=O)NS(=O)(=O)c1cccnc1. The number of carbonyl (C=O) groups is 1. The van der Waals surface area contributed by atoms with Crippen molar-refractivity contribution >= 4 is 15.9 Å². The molecule has 0 aliphatic rings. The van der Waals surface area contributed by atoms with E-state index in [0.29, 0.717) is 6.61 Å². The second kappa shape index (κ2) is 5.74. The molecule has 94 valence electrons. The molecule has 1 aromatic rings. The first-order chi connectivity index (χ1) is 7.97. The number of ether oxygens (including phenoxy) is 1. The van der Waals surface area contributed by atoms with Crippen LogP contribution in [0.1, 0.15) is 13.8 Å². The van der Waals surface area contributed by atoms with Gasteiger partial charge in [0.15, 0.2) is 0 Å². The smallest absolute Gasteiger partial charge is 0.265 e. The largest absolute Gasteiger partial charge is 0.369 e. The van der Waals surface area contributed by atoms with Crippen molar-refractivity contribution in [3.8, 4) is 0 Å². The summed E-state index contributed by atoms with van der Waals surface area (Å²) >= 11 is 0. The molecule has 1 N–H and O–H groups in total. The Morgan fingerprint density at radius 3 is 2.82 bits per heavy atom. The van der Waals surface area contributed by atoms with Crippen LogP contribution in [0, 0.1) is 0 Å². The van der Waals surface area contributed by atoms with E-state index in [4.69, 9.17) is 4.74 Å². The van der Waals surface area contributed by atoms with Gasteiger partial charge in [-0.3, -0.25) is 9.78 Å². The standard InChI is InChI=1S/C10H14N2O4S/c1-3-16-8(2)10(13)12-17(14,15)9-5-4-6-11-7-9/h4-8H,3H2,1-2H3,(H,12,13). The maximum Gasteiger partial charge on any atom is 0.265 e. The minimum absolute atomic E-state index is 0.0583. The average Bonchev–Trinajstić information content (AvgIpc) is 2.30. The van der Waals surface area contributed by atoms with Gasteiger partial charge < -0.3 is 4.74 Å². The molecule has 0 saturated heterocycles. The van der Waals surface area contributed by atoms with Crippen molar-refractivity contribution < 1.29 is 17.9 Å². The molecular formula is C10H14N2O4S. The summed E-state index contributed by atoms with van der Waals surface area (Å²) in [5.74, 6) is -0.698. The summed E-state index contributed by atoms with van der Waals surface area (Å²) in [7, 11) is -3.86. The first kappa shape index (κ1) is 13.6. The van der Waals surface area contributed by atoms with Gasteiger partial charge in [-0.05, 0) is 26.0 Å². The molecule has 0 saturated carbocycles. The molecule has 0 radical (unpaired) electrons. The van der Waals surface area contributed by atoms with E-state index < -0.39 is 22.0 Å².